The molecule has 0 fully saturated rings. The molecular weight excluding hydrogens is 300 g/mol. The van der Waals surface area contributed by atoms with Gasteiger partial charge in [-0.25, -0.2) is 13.2 Å². The normalized spacial score (nSPS) is 10.4. The summed E-state index contributed by atoms with van der Waals surface area (Å²) in [6.07, 6.45) is 1.67. The first kappa shape index (κ1) is 10.2. The molecule has 0 amide bonds. The zero-order valence-corrected chi connectivity index (χ0v) is 8.97. The molecule has 0 aliphatic carbocycles. The molecule has 0 heterocycles. The fraction of sp³-hybridized carbons (Fsp3) is 0.143. The fourth-order valence-electron chi connectivity index (χ4n) is 0.700. The van der Waals surface area contributed by atoms with Crippen molar-refractivity contribution in [3.05, 3.63) is 27.1 Å². The highest BCUT2D eigenvalue weighted by Gasteiger charge is 2.15. The van der Waals surface area contributed by atoms with Crippen LogP contribution in [0.3, 0.4) is 0 Å². The number of halogens is 4. The van der Waals surface area contributed by atoms with Crippen LogP contribution in [0.15, 0.2) is 11.0 Å². The Morgan fingerprint density at radius 1 is 1.25 bits per heavy atom. The summed E-state index contributed by atoms with van der Waals surface area (Å²) in [5, 5.41) is 0. The largest absolute Gasteiger partial charge is 0.204 e. The summed E-state index contributed by atoms with van der Waals surface area (Å²) in [6.45, 7) is 0. The van der Waals surface area contributed by atoms with Crippen LogP contribution in [-0.2, 0) is 0 Å². The van der Waals surface area contributed by atoms with Crippen LogP contribution in [0.5, 0.6) is 0 Å². The van der Waals surface area contributed by atoms with Gasteiger partial charge < -0.3 is 0 Å². The van der Waals surface area contributed by atoms with Gasteiger partial charge in [-0.3, -0.25) is 0 Å². The highest BCUT2D eigenvalue weighted by molar-refractivity contribution is 14.1. The lowest BCUT2D eigenvalue weighted by molar-refractivity contribution is 0.439. The Balaban J connectivity index is 3.39. The van der Waals surface area contributed by atoms with Crippen LogP contribution in [0.4, 0.5) is 13.2 Å². The lowest BCUT2D eigenvalue weighted by Gasteiger charge is -2.03. The van der Waals surface area contributed by atoms with Gasteiger partial charge in [0.25, 0.3) is 0 Å². The Labute approximate surface area is 85.7 Å². The van der Waals surface area contributed by atoms with E-state index in [-0.39, 0.29) is 3.57 Å². The van der Waals surface area contributed by atoms with Crippen molar-refractivity contribution in [1.82, 2.24) is 0 Å². The van der Waals surface area contributed by atoms with Gasteiger partial charge in [-0.15, -0.1) is 11.8 Å². The van der Waals surface area contributed by atoms with Gasteiger partial charge in [-0.1, -0.05) is 0 Å². The lowest BCUT2D eigenvalue weighted by Crippen LogP contribution is -1.95. The Morgan fingerprint density at radius 2 is 1.83 bits per heavy atom. The molecule has 0 bridgehead atoms. The maximum atomic E-state index is 12.8. The number of benzene rings is 1. The van der Waals surface area contributed by atoms with Crippen molar-refractivity contribution >= 4 is 34.4 Å². The van der Waals surface area contributed by atoms with Gasteiger partial charge in [0.15, 0.2) is 17.5 Å². The summed E-state index contributed by atoms with van der Waals surface area (Å²) in [5.41, 5.74) is 0. The van der Waals surface area contributed by atoms with Crippen molar-refractivity contribution in [2.24, 2.45) is 0 Å². The van der Waals surface area contributed by atoms with E-state index in [1.807, 2.05) is 0 Å². The minimum absolute atomic E-state index is 0.124. The summed E-state index contributed by atoms with van der Waals surface area (Å²) >= 11 is 2.82. The Morgan fingerprint density at radius 3 is 2.33 bits per heavy atom. The second kappa shape index (κ2) is 3.87. The molecule has 0 aliphatic heterocycles. The Hall–Kier alpha value is 0.0900. The van der Waals surface area contributed by atoms with Crippen molar-refractivity contribution in [2.45, 2.75) is 4.90 Å². The Bertz CT molecular complexity index is 314. The third kappa shape index (κ3) is 1.71. The van der Waals surface area contributed by atoms with Gasteiger partial charge in [0.1, 0.15) is 0 Å². The molecule has 5 heteroatoms. The fourth-order valence-corrected chi connectivity index (χ4v) is 2.24. The highest BCUT2D eigenvalue weighted by Crippen LogP contribution is 2.27. The second-order valence-electron chi connectivity index (χ2n) is 2.00. The first-order chi connectivity index (χ1) is 5.57. The van der Waals surface area contributed by atoms with Crippen LogP contribution in [0.2, 0.25) is 0 Å². The molecule has 12 heavy (non-hydrogen) atoms. The number of hydrogen-bond acceptors (Lipinski definition) is 1. The number of thioether (sulfide) groups is 1. The van der Waals surface area contributed by atoms with Crippen LogP contribution in [0.1, 0.15) is 0 Å². The van der Waals surface area contributed by atoms with Crippen molar-refractivity contribution < 1.29 is 13.2 Å². The zero-order valence-electron chi connectivity index (χ0n) is 6.00. The second-order valence-corrected chi connectivity index (χ2v) is 3.93. The van der Waals surface area contributed by atoms with Crippen LogP contribution in [-0.4, -0.2) is 6.26 Å². The Kier molecular flexibility index (Phi) is 3.28. The highest BCUT2D eigenvalue weighted by atomic mass is 127. The van der Waals surface area contributed by atoms with Crippen molar-refractivity contribution in [3.8, 4) is 0 Å². The quantitative estimate of drug-likeness (QED) is 0.331. The minimum atomic E-state index is -1.41. The standard InChI is InChI=1S/C7H4F3IS/c1-12-4-2-3(8)5(9)6(10)7(4)11/h2H,1H3. The van der Waals surface area contributed by atoms with E-state index in [4.69, 9.17) is 0 Å². The van der Waals surface area contributed by atoms with Gasteiger partial charge in [0.05, 0.1) is 3.57 Å². The first-order valence-corrected chi connectivity index (χ1v) is 5.25. The number of rotatable bonds is 1. The van der Waals surface area contributed by atoms with Crippen LogP contribution < -0.4 is 0 Å². The predicted octanol–water partition coefficient (Wildman–Crippen LogP) is 3.43. The smallest absolute Gasteiger partial charge is 0.195 e. The molecule has 0 aliphatic rings. The third-order valence-electron chi connectivity index (χ3n) is 1.29. The molecule has 0 N–H and O–H groups in total. The molecule has 0 radical (unpaired) electrons. The molecule has 0 saturated carbocycles. The average molecular weight is 304 g/mol. The monoisotopic (exact) mass is 304 g/mol. The summed E-state index contributed by atoms with van der Waals surface area (Å²) < 4.78 is 38.0. The summed E-state index contributed by atoms with van der Waals surface area (Å²) in [5.74, 6) is -3.66. The zero-order chi connectivity index (χ0) is 9.30. The predicted molar refractivity (Wildman–Crippen MR) is 50.8 cm³/mol. The van der Waals surface area contributed by atoms with Crippen LogP contribution in [0, 0.1) is 21.0 Å². The lowest BCUT2D eigenvalue weighted by atomic mass is 10.3. The van der Waals surface area contributed by atoms with E-state index < -0.39 is 17.5 Å². The molecule has 0 saturated heterocycles. The third-order valence-corrected chi connectivity index (χ3v) is 3.47. The maximum absolute atomic E-state index is 12.8. The molecule has 0 nitrogen and oxygen atoms in total. The molecule has 66 valence electrons. The van der Waals surface area contributed by atoms with E-state index in [2.05, 4.69) is 0 Å². The van der Waals surface area contributed by atoms with Gasteiger partial charge >= 0.3 is 0 Å². The van der Waals surface area contributed by atoms with Crippen molar-refractivity contribution in [1.29, 1.82) is 0 Å². The molecule has 0 atom stereocenters. The number of hydrogen-bond donors (Lipinski definition) is 0. The molecule has 0 spiro atoms. The maximum Gasteiger partial charge on any atom is 0.195 e. The van der Waals surface area contributed by atoms with Crippen LogP contribution >= 0.6 is 34.4 Å². The molecule has 0 aromatic heterocycles. The van der Waals surface area contributed by atoms with E-state index in [9.17, 15) is 13.2 Å². The molecule has 1 aromatic carbocycles. The van der Waals surface area contributed by atoms with E-state index in [1.54, 1.807) is 28.8 Å². The minimum Gasteiger partial charge on any atom is -0.204 e. The summed E-state index contributed by atoms with van der Waals surface area (Å²) in [7, 11) is 0. The molecule has 0 unspecified atom stereocenters. The van der Waals surface area contributed by atoms with Gasteiger partial charge in [-0.2, -0.15) is 0 Å². The van der Waals surface area contributed by atoms with Crippen molar-refractivity contribution in [3.63, 3.8) is 0 Å². The van der Waals surface area contributed by atoms with Gasteiger partial charge in [0, 0.05) is 4.90 Å². The van der Waals surface area contributed by atoms with E-state index in [0.717, 1.165) is 6.07 Å². The van der Waals surface area contributed by atoms with E-state index in [1.165, 1.54) is 11.8 Å². The molecule has 1 rings (SSSR count). The SMILES string of the molecule is CSc1cc(F)c(F)c(F)c1I. The average Bonchev–Trinajstić information content (AvgIpc) is 2.08. The summed E-state index contributed by atoms with van der Waals surface area (Å²) in [4.78, 5) is 0.409. The van der Waals surface area contributed by atoms with E-state index in [0.29, 0.717) is 4.90 Å². The van der Waals surface area contributed by atoms with Gasteiger partial charge in [0.2, 0.25) is 0 Å². The molecular formula is C7H4F3IS. The van der Waals surface area contributed by atoms with Crippen LogP contribution in [0.25, 0.3) is 0 Å². The first-order valence-electron chi connectivity index (χ1n) is 2.95. The summed E-state index contributed by atoms with van der Waals surface area (Å²) in [6, 6.07) is 0.991. The van der Waals surface area contributed by atoms with Gasteiger partial charge in [-0.05, 0) is 34.9 Å². The topological polar surface area (TPSA) is 0 Å². The van der Waals surface area contributed by atoms with E-state index >= 15 is 0 Å². The molecule has 1 aromatic rings. The van der Waals surface area contributed by atoms with Crippen molar-refractivity contribution in [2.75, 3.05) is 6.26 Å².